The van der Waals surface area contributed by atoms with Crippen LogP contribution in [0.15, 0.2) is 41.8 Å². The molecule has 1 aliphatic heterocycles. The lowest BCUT2D eigenvalue weighted by molar-refractivity contribution is -0.298. The van der Waals surface area contributed by atoms with E-state index in [-0.39, 0.29) is 31.1 Å². The molecular weight excluding hydrogens is 466 g/mol. The zero-order valence-electron chi connectivity index (χ0n) is 20.9. The number of guanidine groups is 1. The number of nitrogens with two attached hydrogens (primary N) is 3. The second-order valence-corrected chi connectivity index (χ2v) is 7.15. The minimum absolute atomic E-state index is 0. The lowest BCUT2D eigenvalue weighted by Crippen LogP contribution is -2.28. The van der Waals surface area contributed by atoms with Gasteiger partial charge in [0.05, 0.1) is 6.10 Å². The van der Waals surface area contributed by atoms with E-state index in [2.05, 4.69) is 28.4 Å². The summed E-state index contributed by atoms with van der Waals surface area (Å²) >= 11 is 0. The normalized spacial score (nSPS) is 14.4. The van der Waals surface area contributed by atoms with Crippen LogP contribution < -0.4 is 22.5 Å². The number of likely N-dealkylation sites (N-methyl/N-ethyl adjacent to an activating group) is 1. The van der Waals surface area contributed by atoms with Crippen LogP contribution in [-0.2, 0) is 24.3 Å². The fraction of sp³-hybridized carbons (Fsp3) is 0.682. The van der Waals surface area contributed by atoms with Crippen LogP contribution in [0.2, 0.25) is 0 Å². The average Bonchev–Trinajstić information content (AvgIpc) is 3.47. The summed E-state index contributed by atoms with van der Waals surface area (Å²) in [5.74, 6) is 0.952. The first-order valence-corrected chi connectivity index (χ1v) is 11.0. The molecule has 34 heavy (non-hydrogen) atoms. The highest BCUT2D eigenvalue weighted by Crippen LogP contribution is 2.24. The molecule has 2 atom stereocenters. The van der Waals surface area contributed by atoms with Crippen LogP contribution in [0, 0.1) is 0 Å². The quantitative estimate of drug-likeness (QED) is 0.0282. The van der Waals surface area contributed by atoms with Crippen molar-refractivity contribution in [2.45, 2.75) is 51.7 Å². The van der Waals surface area contributed by atoms with Crippen molar-refractivity contribution < 1.29 is 29.4 Å². The largest absolute Gasteiger partial charge is 0.481 e. The standard InChI is InChI=1S/C8H17NO3.C7H18N4.C7H10O3.ClH/c1-7(2)5-11-12-6-8(10)4-9-3;8-5-3-1-2-4-6-11-7(9)10;1-3-4-8-9-5-7-6(2)10-7;/h8-10H,1,4-6H2,2-3H3;1-6,8H2,(H4,9,10,11);3-4,7H,2,5H2,1H3;1H/b;;4-3-;. The number of hydrogen-bond acceptors (Lipinski definition) is 9. The van der Waals surface area contributed by atoms with Crippen molar-refractivity contribution in [1.29, 1.82) is 0 Å². The van der Waals surface area contributed by atoms with Crippen molar-refractivity contribution in [2.24, 2.45) is 22.2 Å². The topological polar surface area (TPSA) is 172 Å². The van der Waals surface area contributed by atoms with Crippen LogP contribution in [0.4, 0.5) is 0 Å². The second-order valence-electron chi connectivity index (χ2n) is 7.15. The molecule has 0 aromatic rings. The smallest absolute Gasteiger partial charge is 0.185 e. The predicted octanol–water partition coefficient (Wildman–Crippen LogP) is 1.67. The second kappa shape index (κ2) is 27.4. The molecule has 0 aromatic carbocycles. The Labute approximate surface area is 210 Å². The molecule has 0 radical (unpaired) electrons. The Balaban J connectivity index is -0.000000419. The Morgan fingerprint density at radius 2 is 1.88 bits per heavy atom. The molecule has 1 fully saturated rings. The van der Waals surface area contributed by atoms with Crippen molar-refractivity contribution >= 4 is 18.4 Å². The van der Waals surface area contributed by atoms with Crippen LogP contribution in [0.5, 0.6) is 0 Å². The first-order chi connectivity index (χ1) is 15.8. The molecule has 0 aliphatic carbocycles. The minimum Gasteiger partial charge on any atom is -0.481 e. The molecule has 1 rings (SSSR count). The number of aliphatic imine (C=N–C) groups is 1. The van der Waals surface area contributed by atoms with E-state index in [4.69, 9.17) is 41.7 Å². The van der Waals surface area contributed by atoms with E-state index in [1.165, 1.54) is 12.7 Å². The molecule has 202 valence electrons. The molecule has 12 heteroatoms. The minimum atomic E-state index is -0.528. The van der Waals surface area contributed by atoms with Gasteiger partial charge in [0.2, 0.25) is 0 Å². The Bertz CT molecular complexity index is 548. The first kappa shape index (κ1) is 36.7. The summed E-state index contributed by atoms with van der Waals surface area (Å²) in [5.41, 5.74) is 16.5. The number of halogens is 1. The maximum absolute atomic E-state index is 9.12. The van der Waals surface area contributed by atoms with Gasteiger partial charge < -0.3 is 37.2 Å². The van der Waals surface area contributed by atoms with E-state index in [0.717, 1.165) is 43.7 Å². The Hall–Kier alpha value is -1.86. The number of nitrogens with one attached hydrogen (secondary N) is 1. The number of aliphatic hydroxyl groups excluding tert-OH is 1. The third-order valence-electron chi connectivity index (χ3n) is 3.57. The molecule has 0 saturated carbocycles. The number of ether oxygens (including phenoxy) is 1. The molecule has 2 unspecified atom stereocenters. The van der Waals surface area contributed by atoms with Gasteiger partial charge in [-0.3, -0.25) is 4.99 Å². The molecular formula is C22H46ClN5O6. The number of aliphatic hydroxyl groups is 1. The third kappa shape index (κ3) is 32.3. The van der Waals surface area contributed by atoms with E-state index in [1.807, 2.05) is 13.8 Å². The van der Waals surface area contributed by atoms with Gasteiger partial charge in [0, 0.05) is 13.1 Å². The number of nitrogens with zero attached hydrogens (tertiary/aromatic N) is 1. The van der Waals surface area contributed by atoms with Gasteiger partial charge in [-0.1, -0.05) is 31.6 Å². The summed E-state index contributed by atoms with van der Waals surface area (Å²) < 4.78 is 4.87. The van der Waals surface area contributed by atoms with Gasteiger partial charge in [0.1, 0.15) is 31.8 Å². The van der Waals surface area contributed by atoms with Crippen LogP contribution in [0.1, 0.15) is 39.5 Å². The van der Waals surface area contributed by atoms with E-state index < -0.39 is 6.10 Å². The molecule has 8 N–H and O–H groups in total. The van der Waals surface area contributed by atoms with Gasteiger partial charge in [-0.25, -0.2) is 9.78 Å². The molecule has 0 aromatic heterocycles. The van der Waals surface area contributed by atoms with Crippen LogP contribution in [0.3, 0.4) is 0 Å². The van der Waals surface area contributed by atoms with Crippen LogP contribution >= 0.6 is 12.4 Å². The SMILES string of the molecule is C=C(C)COOCC(O)CNC.C=C1OC1COO/C=C\C.Cl.NCCCCCCN=C(N)N. The van der Waals surface area contributed by atoms with Crippen molar-refractivity contribution in [1.82, 2.24) is 5.32 Å². The van der Waals surface area contributed by atoms with E-state index in [1.54, 1.807) is 13.1 Å². The highest BCUT2D eigenvalue weighted by atomic mass is 35.5. The third-order valence-corrected chi connectivity index (χ3v) is 3.57. The Morgan fingerprint density at radius 3 is 2.38 bits per heavy atom. The number of allylic oxidation sites excluding steroid dienone is 1. The highest BCUT2D eigenvalue weighted by Gasteiger charge is 2.30. The Kier molecular flexibility index (Phi) is 29.6. The fourth-order valence-corrected chi connectivity index (χ4v) is 1.85. The summed E-state index contributed by atoms with van der Waals surface area (Å²) in [6.45, 7) is 13.9. The zero-order chi connectivity index (χ0) is 25.3. The monoisotopic (exact) mass is 511 g/mol. The highest BCUT2D eigenvalue weighted by molar-refractivity contribution is 5.85. The van der Waals surface area contributed by atoms with Crippen molar-refractivity contribution in [3.63, 3.8) is 0 Å². The fourth-order valence-electron chi connectivity index (χ4n) is 1.85. The van der Waals surface area contributed by atoms with Gasteiger partial charge in [0.25, 0.3) is 0 Å². The number of rotatable bonds is 17. The van der Waals surface area contributed by atoms with E-state index in [0.29, 0.717) is 19.8 Å². The van der Waals surface area contributed by atoms with Crippen LogP contribution in [-0.4, -0.2) is 69.8 Å². The van der Waals surface area contributed by atoms with Gasteiger partial charge in [-0.15, -0.1) is 12.4 Å². The van der Waals surface area contributed by atoms with Crippen molar-refractivity contribution in [3.8, 4) is 0 Å². The maximum atomic E-state index is 9.12. The molecule has 11 nitrogen and oxygen atoms in total. The van der Waals surface area contributed by atoms with Gasteiger partial charge in [-0.2, -0.15) is 4.89 Å². The van der Waals surface area contributed by atoms with E-state index >= 15 is 0 Å². The summed E-state index contributed by atoms with van der Waals surface area (Å²) in [6.07, 6.45) is 7.21. The summed E-state index contributed by atoms with van der Waals surface area (Å²) in [5, 5.41) is 11.9. The van der Waals surface area contributed by atoms with Gasteiger partial charge >= 0.3 is 0 Å². The molecule has 0 amide bonds. The predicted molar refractivity (Wildman–Crippen MR) is 138 cm³/mol. The lowest BCUT2D eigenvalue weighted by atomic mass is 10.2. The molecule has 0 bridgehead atoms. The van der Waals surface area contributed by atoms with Gasteiger partial charge in [0.15, 0.2) is 12.1 Å². The summed E-state index contributed by atoms with van der Waals surface area (Å²) in [7, 11) is 1.76. The number of unbranched alkanes of at least 4 members (excludes halogenated alkanes) is 3. The number of epoxide rings is 1. The lowest BCUT2D eigenvalue weighted by Gasteiger charge is -2.09. The maximum Gasteiger partial charge on any atom is 0.185 e. The van der Waals surface area contributed by atoms with Crippen LogP contribution in [0.25, 0.3) is 0 Å². The zero-order valence-corrected chi connectivity index (χ0v) is 21.7. The summed E-state index contributed by atoms with van der Waals surface area (Å²) in [4.78, 5) is 22.6. The number of hydrogen-bond donors (Lipinski definition) is 5. The average molecular weight is 512 g/mol. The Morgan fingerprint density at radius 1 is 1.24 bits per heavy atom. The molecule has 1 aliphatic rings. The molecule has 1 heterocycles. The molecule has 1 saturated heterocycles. The molecule has 0 spiro atoms. The van der Waals surface area contributed by atoms with Crippen molar-refractivity contribution in [2.75, 3.05) is 46.5 Å². The first-order valence-electron chi connectivity index (χ1n) is 11.0. The van der Waals surface area contributed by atoms with E-state index in [9.17, 15) is 0 Å². The van der Waals surface area contributed by atoms with Crippen molar-refractivity contribution in [3.05, 3.63) is 36.8 Å². The summed E-state index contributed by atoms with van der Waals surface area (Å²) in [6, 6.07) is 0. The van der Waals surface area contributed by atoms with Gasteiger partial charge in [-0.05, 0) is 46.4 Å².